The molecule has 0 spiro atoms. The fourth-order valence-corrected chi connectivity index (χ4v) is 6.37. The number of hydrogen-bond acceptors (Lipinski definition) is 6. The van der Waals surface area contributed by atoms with Crippen LogP contribution in [-0.4, -0.2) is 68.8 Å². The maximum absolute atomic E-state index is 13.2. The summed E-state index contributed by atoms with van der Waals surface area (Å²) in [5.41, 5.74) is 1.81. The first-order chi connectivity index (χ1) is 16.4. The summed E-state index contributed by atoms with van der Waals surface area (Å²) in [6, 6.07) is 14.7. The van der Waals surface area contributed by atoms with Crippen molar-refractivity contribution in [2.75, 3.05) is 26.7 Å². The number of likely N-dealkylation sites (tertiary alicyclic amines) is 2. The number of carbonyl (C=O) groups is 1. The van der Waals surface area contributed by atoms with Crippen LogP contribution in [0.2, 0.25) is 0 Å². The van der Waals surface area contributed by atoms with E-state index >= 15 is 0 Å². The number of amides is 1. The van der Waals surface area contributed by atoms with Crippen LogP contribution in [-0.2, 0) is 21.4 Å². The van der Waals surface area contributed by atoms with Crippen molar-refractivity contribution < 1.29 is 17.9 Å². The van der Waals surface area contributed by atoms with E-state index in [0.29, 0.717) is 24.4 Å². The van der Waals surface area contributed by atoms with Gasteiger partial charge in [-0.05, 0) is 55.5 Å². The number of benzene rings is 2. The summed E-state index contributed by atoms with van der Waals surface area (Å²) < 4.78 is 34.3. The second kappa shape index (κ2) is 9.38. The molecule has 0 radical (unpaired) electrons. The number of methoxy groups -OCH3 is 1. The number of carbonyl (C=O) groups excluding carboxylic acids is 1. The summed E-state index contributed by atoms with van der Waals surface area (Å²) in [5.74, 6) is 1.23. The molecular formula is C25H30N4O4S. The Morgan fingerprint density at radius 1 is 1.09 bits per heavy atom. The lowest BCUT2D eigenvalue weighted by atomic mass is 10.0. The highest BCUT2D eigenvalue weighted by Crippen LogP contribution is 2.31. The van der Waals surface area contributed by atoms with Gasteiger partial charge in [0.25, 0.3) is 10.0 Å². The average molecular weight is 483 g/mol. The van der Waals surface area contributed by atoms with Gasteiger partial charge in [-0.1, -0.05) is 24.3 Å². The Labute approximate surface area is 200 Å². The molecule has 2 aromatic rings. The molecule has 3 aliphatic heterocycles. The summed E-state index contributed by atoms with van der Waals surface area (Å²) >= 11 is 0. The zero-order valence-corrected chi connectivity index (χ0v) is 20.1. The molecule has 1 atom stereocenters. The second-order valence-corrected chi connectivity index (χ2v) is 10.7. The number of nitrogens with one attached hydrogen (secondary N) is 1. The number of sulfonamides is 1. The van der Waals surface area contributed by atoms with Gasteiger partial charge in [0, 0.05) is 37.8 Å². The van der Waals surface area contributed by atoms with Gasteiger partial charge in [0.1, 0.15) is 16.7 Å². The molecule has 2 fully saturated rings. The number of hydrogen-bond donors (Lipinski definition) is 1. The maximum atomic E-state index is 13.2. The maximum Gasteiger partial charge on any atom is 0.285 e. The molecule has 2 aromatic carbocycles. The number of rotatable bonds is 5. The minimum Gasteiger partial charge on any atom is -0.497 e. The van der Waals surface area contributed by atoms with Crippen molar-refractivity contribution in [3.63, 3.8) is 0 Å². The van der Waals surface area contributed by atoms with E-state index in [0.717, 1.165) is 44.6 Å². The first-order valence-corrected chi connectivity index (χ1v) is 13.3. The first-order valence-electron chi connectivity index (χ1n) is 11.8. The van der Waals surface area contributed by atoms with Crippen molar-refractivity contribution in [1.29, 1.82) is 0 Å². The summed E-state index contributed by atoms with van der Waals surface area (Å²) in [5, 5.41) is 3.23. The molecule has 0 aromatic heterocycles. The van der Waals surface area contributed by atoms with Gasteiger partial charge in [0.15, 0.2) is 5.84 Å². The summed E-state index contributed by atoms with van der Waals surface area (Å²) in [7, 11) is -2.03. The normalized spacial score (nSPS) is 22.3. The van der Waals surface area contributed by atoms with E-state index in [1.54, 1.807) is 31.4 Å². The third-order valence-electron chi connectivity index (χ3n) is 6.91. The van der Waals surface area contributed by atoms with E-state index in [1.165, 1.54) is 5.56 Å². The Balaban J connectivity index is 1.19. The Hall–Kier alpha value is -2.91. The van der Waals surface area contributed by atoms with Crippen LogP contribution in [0, 0.1) is 0 Å². The Morgan fingerprint density at radius 2 is 1.88 bits per heavy atom. The lowest BCUT2D eigenvalue weighted by Crippen LogP contribution is -2.51. The van der Waals surface area contributed by atoms with Crippen molar-refractivity contribution in [2.24, 2.45) is 4.40 Å². The van der Waals surface area contributed by atoms with Crippen molar-refractivity contribution in [2.45, 2.75) is 49.2 Å². The van der Waals surface area contributed by atoms with Crippen LogP contribution in [0.1, 0.15) is 36.8 Å². The zero-order chi connectivity index (χ0) is 23.7. The van der Waals surface area contributed by atoms with Gasteiger partial charge < -0.3 is 15.0 Å². The van der Waals surface area contributed by atoms with Crippen LogP contribution >= 0.6 is 0 Å². The van der Waals surface area contributed by atoms with E-state index in [9.17, 15) is 13.2 Å². The van der Waals surface area contributed by atoms with Gasteiger partial charge in [0.2, 0.25) is 5.91 Å². The van der Waals surface area contributed by atoms with Gasteiger partial charge in [-0.15, -0.1) is 4.40 Å². The molecule has 1 N–H and O–H groups in total. The highest BCUT2D eigenvalue weighted by molar-refractivity contribution is 7.90. The summed E-state index contributed by atoms with van der Waals surface area (Å²) in [4.78, 5) is 17.7. The van der Waals surface area contributed by atoms with Crippen LogP contribution in [0.25, 0.3) is 0 Å². The van der Waals surface area contributed by atoms with E-state index in [1.807, 2.05) is 17.0 Å². The van der Waals surface area contributed by atoms with Crippen LogP contribution in [0.4, 0.5) is 0 Å². The molecule has 2 saturated heterocycles. The molecule has 34 heavy (non-hydrogen) atoms. The first kappa shape index (κ1) is 22.9. The fraction of sp³-hybridized carbons (Fsp3) is 0.440. The van der Waals surface area contributed by atoms with Gasteiger partial charge in [0.05, 0.1) is 7.11 Å². The van der Waals surface area contributed by atoms with Gasteiger partial charge >= 0.3 is 0 Å². The minimum absolute atomic E-state index is 0.0341. The SMILES string of the molecule is COc1cccc(CN2CCC(NC(=O)[C@@H]3CCCN3C3=NS(=O)(=O)c4ccccc43)CC2)c1. The van der Waals surface area contributed by atoms with Gasteiger partial charge in [-0.2, -0.15) is 8.42 Å². The van der Waals surface area contributed by atoms with Crippen molar-refractivity contribution in [3.05, 3.63) is 59.7 Å². The zero-order valence-electron chi connectivity index (χ0n) is 19.3. The number of piperidine rings is 1. The monoisotopic (exact) mass is 482 g/mol. The molecule has 0 unspecified atom stereocenters. The Kier molecular flexibility index (Phi) is 6.31. The molecule has 0 saturated carbocycles. The van der Waals surface area contributed by atoms with E-state index in [4.69, 9.17) is 4.74 Å². The Bertz CT molecular complexity index is 1200. The predicted octanol–water partition coefficient (Wildman–Crippen LogP) is 2.39. The average Bonchev–Trinajstić information content (AvgIpc) is 3.43. The van der Waals surface area contributed by atoms with Crippen molar-refractivity contribution >= 4 is 21.8 Å². The van der Waals surface area contributed by atoms with Gasteiger partial charge in [-0.25, -0.2) is 0 Å². The third kappa shape index (κ3) is 4.54. The third-order valence-corrected chi connectivity index (χ3v) is 8.24. The molecule has 3 heterocycles. The lowest BCUT2D eigenvalue weighted by Gasteiger charge is -2.34. The molecule has 5 rings (SSSR count). The van der Waals surface area contributed by atoms with E-state index in [2.05, 4.69) is 26.7 Å². The highest BCUT2D eigenvalue weighted by Gasteiger charge is 2.39. The topological polar surface area (TPSA) is 91.3 Å². The lowest BCUT2D eigenvalue weighted by molar-refractivity contribution is -0.125. The quantitative estimate of drug-likeness (QED) is 0.704. The number of amidine groups is 1. The Morgan fingerprint density at radius 3 is 2.68 bits per heavy atom. The van der Waals surface area contributed by atoms with Crippen LogP contribution in [0.15, 0.2) is 57.8 Å². The molecule has 180 valence electrons. The van der Waals surface area contributed by atoms with Crippen LogP contribution in [0.5, 0.6) is 5.75 Å². The fourth-order valence-electron chi connectivity index (χ4n) is 5.15. The standard InChI is InChI=1S/C25H30N4O4S/c1-33-20-7-4-6-18(16-20)17-28-14-11-19(12-15-28)26-25(30)22-9-5-13-29(22)24-21-8-2-3-10-23(21)34(31,32)27-24/h2-4,6-8,10,16,19,22H,5,9,11-15,17H2,1H3,(H,26,30)/t22-/m0/s1. The molecule has 1 amide bonds. The smallest absolute Gasteiger partial charge is 0.285 e. The van der Waals surface area contributed by atoms with Gasteiger partial charge in [-0.3, -0.25) is 9.69 Å². The molecule has 0 bridgehead atoms. The van der Waals surface area contributed by atoms with Crippen LogP contribution in [0.3, 0.4) is 0 Å². The summed E-state index contributed by atoms with van der Waals surface area (Å²) in [6.07, 6.45) is 3.31. The molecule has 8 nitrogen and oxygen atoms in total. The number of fused-ring (bicyclic) bond motifs is 1. The van der Waals surface area contributed by atoms with Crippen molar-refractivity contribution in [1.82, 2.24) is 15.1 Å². The molecule has 9 heteroatoms. The number of ether oxygens (including phenoxy) is 1. The minimum atomic E-state index is -3.70. The molecule has 0 aliphatic carbocycles. The molecule has 3 aliphatic rings. The van der Waals surface area contributed by atoms with Crippen molar-refractivity contribution in [3.8, 4) is 5.75 Å². The van der Waals surface area contributed by atoms with E-state index < -0.39 is 16.1 Å². The highest BCUT2D eigenvalue weighted by atomic mass is 32.2. The number of nitrogens with zero attached hydrogens (tertiary/aromatic N) is 3. The predicted molar refractivity (Wildman–Crippen MR) is 129 cm³/mol. The second-order valence-electron chi connectivity index (χ2n) is 9.15. The largest absolute Gasteiger partial charge is 0.497 e. The van der Waals surface area contributed by atoms with E-state index in [-0.39, 0.29) is 16.8 Å². The summed E-state index contributed by atoms with van der Waals surface area (Å²) in [6.45, 7) is 3.31. The molecular weight excluding hydrogens is 452 g/mol. The van der Waals surface area contributed by atoms with Crippen LogP contribution < -0.4 is 10.1 Å².